The Morgan fingerprint density at radius 1 is 0.778 bits per heavy atom. The van der Waals surface area contributed by atoms with Gasteiger partial charge in [0.1, 0.15) is 5.78 Å². The minimum Gasteiger partial charge on any atom is -0.299 e. The summed E-state index contributed by atoms with van der Waals surface area (Å²) in [5.41, 5.74) is 3.82. The minimum atomic E-state index is 0.336. The van der Waals surface area contributed by atoms with Gasteiger partial charge in [-0.05, 0) is 29.0 Å². The largest absolute Gasteiger partial charge is 0.299 e. The Labute approximate surface area is 107 Å². The summed E-state index contributed by atoms with van der Waals surface area (Å²) < 4.78 is 0. The van der Waals surface area contributed by atoms with Crippen LogP contribution in [0.4, 0.5) is 0 Å². The molecule has 0 aliphatic heterocycles. The first-order valence-electron chi connectivity index (χ1n) is 6.46. The highest BCUT2D eigenvalue weighted by Gasteiger charge is 2.22. The number of fused-ring (bicyclic) bond motifs is 1. The van der Waals surface area contributed by atoms with Crippen molar-refractivity contribution in [1.29, 1.82) is 0 Å². The van der Waals surface area contributed by atoms with Gasteiger partial charge in [-0.1, -0.05) is 54.6 Å². The van der Waals surface area contributed by atoms with E-state index < -0.39 is 0 Å². The molecule has 0 saturated carbocycles. The number of rotatable bonds is 1. The Morgan fingerprint density at radius 3 is 2.22 bits per heavy atom. The molecule has 3 rings (SSSR count). The lowest BCUT2D eigenvalue weighted by molar-refractivity contribution is -0.118. The molecule has 2 aromatic carbocycles. The molecule has 1 heteroatoms. The van der Waals surface area contributed by atoms with Gasteiger partial charge in [0.05, 0.1) is 0 Å². The van der Waals surface area contributed by atoms with E-state index >= 15 is 0 Å². The van der Waals surface area contributed by atoms with Crippen molar-refractivity contribution in [1.82, 2.24) is 0 Å². The summed E-state index contributed by atoms with van der Waals surface area (Å²) in [5, 5.41) is 0. The molecule has 0 heterocycles. The molecule has 1 nitrogen and oxygen atoms in total. The Bertz CT molecular complexity index is 557. The van der Waals surface area contributed by atoms with E-state index in [9.17, 15) is 4.79 Å². The topological polar surface area (TPSA) is 17.1 Å². The van der Waals surface area contributed by atoms with Gasteiger partial charge >= 0.3 is 0 Å². The summed E-state index contributed by atoms with van der Waals surface area (Å²) in [7, 11) is 0. The first-order valence-corrected chi connectivity index (χ1v) is 6.46. The summed E-state index contributed by atoms with van der Waals surface area (Å²) in [5.74, 6) is 0.691. The Kier molecular flexibility index (Phi) is 2.97. The second-order valence-electron chi connectivity index (χ2n) is 5.00. The van der Waals surface area contributed by atoms with Crippen molar-refractivity contribution < 1.29 is 4.79 Å². The normalized spacial score (nSPS) is 19.1. The van der Waals surface area contributed by atoms with E-state index in [1.54, 1.807) is 0 Å². The van der Waals surface area contributed by atoms with Gasteiger partial charge in [0, 0.05) is 12.8 Å². The molecule has 0 bridgehead atoms. The van der Waals surface area contributed by atoms with Gasteiger partial charge in [-0.2, -0.15) is 0 Å². The van der Waals surface area contributed by atoms with Crippen molar-refractivity contribution in [3.8, 4) is 0 Å². The number of hydrogen-bond donors (Lipinski definition) is 0. The molecule has 1 atom stereocenters. The van der Waals surface area contributed by atoms with Crippen LogP contribution < -0.4 is 0 Å². The molecule has 0 N–H and O–H groups in total. The lowest BCUT2D eigenvalue weighted by atomic mass is 9.90. The fourth-order valence-electron chi connectivity index (χ4n) is 2.79. The van der Waals surface area contributed by atoms with E-state index in [0.717, 1.165) is 6.42 Å². The van der Waals surface area contributed by atoms with E-state index in [4.69, 9.17) is 0 Å². The van der Waals surface area contributed by atoms with Crippen LogP contribution in [0.1, 0.15) is 29.0 Å². The molecule has 0 fully saturated rings. The van der Waals surface area contributed by atoms with Crippen LogP contribution in [-0.4, -0.2) is 5.78 Å². The van der Waals surface area contributed by atoms with Gasteiger partial charge in [-0.3, -0.25) is 4.79 Å². The molecule has 1 aliphatic rings. The Hall–Kier alpha value is -1.89. The van der Waals surface area contributed by atoms with Crippen molar-refractivity contribution in [3.05, 3.63) is 71.3 Å². The zero-order chi connectivity index (χ0) is 12.4. The number of carbonyl (C=O) groups is 1. The molecule has 90 valence electrons. The van der Waals surface area contributed by atoms with Gasteiger partial charge in [-0.25, -0.2) is 0 Å². The lowest BCUT2D eigenvalue weighted by Crippen LogP contribution is -2.06. The van der Waals surface area contributed by atoms with Crippen molar-refractivity contribution in [2.75, 3.05) is 0 Å². The van der Waals surface area contributed by atoms with E-state index in [2.05, 4.69) is 42.5 Å². The van der Waals surface area contributed by atoms with Crippen LogP contribution in [0.2, 0.25) is 0 Å². The molecule has 0 spiro atoms. The molecule has 1 unspecified atom stereocenters. The fraction of sp³-hybridized carbons (Fsp3) is 0.235. The van der Waals surface area contributed by atoms with Gasteiger partial charge < -0.3 is 0 Å². The molecule has 18 heavy (non-hydrogen) atoms. The third-order valence-corrected chi connectivity index (χ3v) is 3.72. The highest BCUT2D eigenvalue weighted by Crippen LogP contribution is 2.29. The fourth-order valence-corrected chi connectivity index (χ4v) is 2.79. The molecule has 1 aliphatic carbocycles. The maximum atomic E-state index is 12.0. The van der Waals surface area contributed by atoms with Crippen molar-refractivity contribution in [2.45, 2.75) is 25.2 Å². The maximum Gasteiger partial charge on any atom is 0.137 e. The average Bonchev–Trinajstić information content (AvgIpc) is 2.57. The summed E-state index contributed by atoms with van der Waals surface area (Å²) in [6.07, 6.45) is 2.24. The van der Waals surface area contributed by atoms with E-state index in [-0.39, 0.29) is 0 Å². The van der Waals surface area contributed by atoms with Gasteiger partial charge in [0.15, 0.2) is 0 Å². The SMILES string of the molecule is O=C1Cc2ccccc2CC(c2ccccc2)C1. The van der Waals surface area contributed by atoms with Gasteiger partial charge in [-0.15, -0.1) is 0 Å². The summed E-state index contributed by atoms with van der Waals surface area (Å²) in [6, 6.07) is 18.7. The van der Waals surface area contributed by atoms with Crippen molar-refractivity contribution in [3.63, 3.8) is 0 Å². The molecule has 0 saturated heterocycles. The summed E-state index contributed by atoms with van der Waals surface area (Å²) in [6.45, 7) is 0. The zero-order valence-electron chi connectivity index (χ0n) is 10.3. The quantitative estimate of drug-likeness (QED) is 0.692. The highest BCUT2D eigenvalue weighted by atomic mass is 16.1. The first-order chi connectivity index (χ1) is 8.83. The Balaban J connectivity index is 1.97. The van der Waals surface area contributed by atoms with Crippen LogP contribution >= 0.6 is 0 Å². The highest BCUT2D eigenvalue weighted by molar-refractivity contribution is 5.82. The molecule has 0 radical (unpaired) electrons. The van der Waals surface area contributed by atoms with E-state index in [1.807, 2.05) is 12.1 Å². The number of hydrogen-bond acceptors (Lipinski definition) is 1. The number of benzene rings is 2. The van der Waals surface area contributed by atoms with Crippen LogP contribution in [0, 0.1) is 0 Å². The number of carbonyl (C=O) groups excluding carboxylic acids is 1. The van der Waals surface area contributed by atoms with Crippen LogP contribution in [-0.2, 0) is 17.6 Å². The molecule has 0 amide bonds. The smallest absolute Gasteiger partial charge is 0.137 e. The first kappa shape index (κ1) is 11.2. The zero-order valence-corrected chi connectivity index (χ0v) is 10.3. The predicted molar refractivity (Wildman–Crippen MR) is 72.7 cm³/mol. The second kappa shape index (κ2) is 4.77. The van der Waals surface area contributed by atoms with Crippen LogP contribution in [0.5, 0.6) is 0 Å². The monoisotopic (exact) mass is 236 g/mol. The van der Waals surface area contributed by atoms with E-state index in [1.165, 1.54) is 16.7 Å². The van der Waals surface area contributed by atoms with Gasteiger partial charge in [0.25, 0.3) is 0 Å². The van der Waals surface area contributed by atoms with Crippen molar-refractivity contribution in [2.24, 2.45) is 0 Å². The van der Waals surface area contributed by atoms with Crippen LogP contribution in [0.25, 0.3) is 0 Å². The summed E-state index contributed by atoms with van der Waals surface area (Å²) in [4.78, 5) is 12.0. The third-order valence-electron chi connectivity index (χ3n) is 3.72. The lowest BCUT2D eigenvalue weighted by Gasteiger charge is -2.14. The van der Waals surface area contributed by atoms with Crippen LogP contribution in [0.15, 0.2) is 54.6 Å². The van der Waals surface area contributed by atoms with Crippen LogP contribution in [0.3, 0.4) is 0 Å². The minimum absolute atomic E-state index is 0.336. The summed E-state index contributed by atoms with van der Waals surface area (Å²) >= 11 is 0. The number of ketones is 1. The standard InChI is InChI=1S/C17H16O/c18-17-11-15-9-5-4-8-14(15)10-16(12-17)13-6-2-1-3-7-13/h1-9,16H,10-12H2. The third kappa shape index (κ3) is 2.21. The van der Waals surface area contributed by atoms with E-state index in [0.29, 0.717) is 24.5 Å². The average molecular weight is 236 g/mol. The second-order valence-corrected chi connectivity index (χ2v) is 5.00. The molecule has 2 aromatic rings. The predicted octanol–water partition coefficient (Wildman–Crippen LogP) is 3.53. The molecule has 0 aromatic heterocycles. The van der Waals surface area contributed by atoms with Gasteiger partial charge in [0.2, 0.25) is 0 Å². The number of Topliss-reactive ketones (excluding diaryl/α,β-unsaturated/α-hetero) is 1. The molecular weight excluding hydrogens is 220 g/mol. The van der Waals surface area contributed by atoms with Crippen molar-refractivity contribution >= 4 is 5.78 Å². The molecular formula is C17H16O. The maximum absolute atomic E-state index is 12.0. The Morgan fingerprint density at radius 2 is 1.44 bits per heavy atom.